The molecule has 0 aromatic heterocycles. The molecule has 0 aliphatic carbocycles. The van der Waals surface area contributed by atoms with Gasteiger partial charge in [0, 0.05) is 19.6 Å². The first-order valence-corrected chi connectivity index (χ1v) is 10.3. The molecule has 2 aromatic rings. The molecule has 0 bridgehead atoms. The molecule has 0 unspecified atom stereocenters. The topological polar surface area (TPSA) is 43.0 Å². The van der Waals surface area contributed by atoms with Gasteiger partial charge in [-0.3, -0.25) is 4.90 Å². The fourth-order valence-corrected chi connectivity index (χ4v) is 3.52. The summed E-state index contributed by atoms with van der Waals surface area (Å²) < 4.78 is 29.7. The Kier molecular flexibility index (Phi) is 13.2. The summed E-state index contributed by atoms with van der Waals surface area (Å²) in [5.74, 6) is 0.811. The Bertz CT molecular complexity index is 775. The fourth-order valence-electron chi connectivity index (χ4n) is 3.24. The summed E-state index contributed by atoms with van der Waals surface area (Å²) in [6, 6.07) is 10.0. The highest BCUT2D eigenvalue weighted by Gasteiger charge is 2.13. The lowest BCUT2D eigenvalue weighted by Gasteiger charge is -2.26. The van der Waals surface area contributed by atoms with Crippen LogP contribution in [0.4, 0.5) is 4.39 Å². The summed E-state index contributed by atoms with van der Waals surface area (Å²) in [6.45, 7) is 6.71. The van der Waals surface area contributed by atoms with Crippen molar-refractivity contribution >= 4 is 11.6 Å². The molecule has 2 aromatic carbocycles. The van der Waals surface area contributed by atoms with E-state index in [1.54, 1.807) is 19.2 Å². The normalized spacial score (nSPS) is 13.8. The van der Waals surface area contributed by atoms with E-state index in [1.807, 2.05) is 12.1 Å². The van der Waals surface area contributed by atoms with Crippen LogP contribution in [0.25, 0.3) is 0 Å². The molecule has 0 spiro atoms. The third-order valence-electron chi connectivity index (χ3n) is 4.85. The van der Waals surface area contributed by atoms with Crippen LogP contribution < -0.4 is 39.6 Å². The molecule has 0 saturated carbocycles. The van der Waals surface area contributed by atoms with Gasteiger partial charge in [0.15, 0.2) is 11.5 Å². The molecule has 1 aliphatic rings. The standard InChI is InChI=1S/C22H28ClFN2O3.2ClH/c1-27-21-14-18(15-25-7-2-8-26-9-11-28-12-10-26)13-20(23)22(21)29-16-17-3-5-19(24)6-4-17;;/h3-6,13-14,25H,2,7-12,15-16H2,1H3;2*1H/p-2. The Hall–Kier alpha value is -1.28. The summed E-state index contributed by atoms with van der Waals surface area (Å²) in [4.78, 5) is 2.43. The molecular formula is C22H28Cl3FN2O3-2. The number of benzene rings is 2. The Morgan fingerprint density at radius 3 is 2.48 bits per heavy atom. The van der Waals surface area contributed by atoms with Gasteiger partial charge in [-0.05, 0) is 54.9 Å². The molecule has 0 amide bonds. The van der Waals surface area contributed by atoms with Crippen molar-refractivity contribution in [3.8, 4) is 11.5 Å². The molecule has 31 heavy (non-hydrogen) atoms. The molecule has 9 heteroatoms. The molecule has 1 saturated heterocycles. The quantitative estimate of drug-likeness (QED) is 0.384. The lowest BCUT2D eigenvalue weighted by Crippen LogP contribution is -3.00. The highest BCUT2D eigenvalue weighted by molar-refractivity contribution is 6.32. The van der Waals surface area contributed by atoms with Crippen molar-refractivity contribution < 1.29 is 43.4 Å². The van der Waals surface area contributed by atoms with Crippen LogP contribution in [-0.2, 0) is 17.9 Å². The van der Waals surface area contributed by atoms with Crippen LogP contribution in [0, 0.1) is 5.82 Å². The zero-order valence-electron chi connectivity index (χ0n) is 17.5. The summed E-state index contributed by atoms with van der Waals surface area (Å²) >= 11 is 6.44. The maximum Gasteiger partial charge on any atom is 0.180 e. The second-order valence-electron chi connectivity index (χ2n) is 7.01. The van der Waals surface area contributed by atoms with Gasteiger partial charge in [0.2, 0.25) is 0 Å². The number of halogens is 4. The lowest BCUT2D eigenvalue weighted by atomic mass is 10.2. The highest BCUT2D eigenvalue weighted by Crippen LogP contribution is 2.37. The SMILES string of the molecule is COc1cc(CNCCCN2CCOCC2)cc(Cl)c1OCc1ccc(F)cc1.[Cl-].[Cl-]. The summed E-state index contributed by atoms with van der Waals surface area (Å²) in [5.41, 5.74) is 1.89. The van der Waals surface area contributed by atoms with Gasteiger partial charge in [0.05, 0.1) is 25.3 Å². The number of hydrogen-bond donors (Lipinski definition) is 1. The van der Waals surface area contributed by atoms with Gasteiger partial charge in [-0.1, -0.05) is 23.7 Å². The van der Waals surface area contributed by atoms with Crippen molar-refractivity contribution in [1.29, 1.82) is 0 Å². The number of rotatable bonds is 10. The Balaban J connectivity index is 0.00000240. The second-order valence-corrected chi connectivity index (χ2v) is 7.42. The smallest absolute Gasteiger partial charge is 0.180 e. The first kappa shape index (κ1) is 27.8. The van der Waals surface area contributed by atoms with Gasteiger partial charge >= 0.3 is 0 Å². The molecule has 0 atom stereocenters. The van der Waals surface area contributed by atoms with Crippen LogP contribution in [0.5, 0.6) is 11.5 Å². The minimum atomic E-state index is -0.272. The third-order valence-corrected chi connectivity index (χ3v) is 5.13. The number of hydrogen-bond acceptors (Lipinski definition) is 5. The van der Waals surface area contributed by atoms with Crippen LogP contribution in [0.2, 0.25) is 5.02 Å². The molecule has 3 rings (SSSR count). The van der Waals surface area contributed by atoms with Crippen molar-refractivity contribution in [1.82, 2.24) is 10.2 Å². The van der Waals surface area contributed by atoms with Crippen LogP contribution >= 0.6 is 11.6 Å². The van der Waals surface area contributed by atoms with Gasteiger partial charge in [-0.2, -0.15) is 0 Å². The predicted molar refractivity (Wildman–Crippen MR) is 112 cm³/mol. The number of morpholine rings is 1. The fraction of sp³-hybridized carbons (Fsp3) is 0.455. The van der Waals surface area contributed by atoms with E-state index in [0.29, 0.717) is 23.1 Å². The monoisotopic (exact) mass is 492 g/mol. The number of nitrogens with zero attached hydrogens (tertiary/aromatic N) is 1. The van der Waals surface area contributed by atoms with Crippen LogP contribution in [0.3, 0.4) is 0 Å². The molecular weight excluding hydrogens is 466 g/mol. The zero-order chi connectivity index (χ0) is 20.5. The van der Waals surface area contributed by atoms with Crippen LogP contribution in [0.1, 0.15) is 17.5 Å². The summed E-state index contributed by atoms with van der Waals surface area (Å²) in [7, 11) is 1.59. The van der Waals surface area contributed by atoms with Crippen molar-refractivity contribution in [3.05, 3.63) is 58.4 Å². The van der Waals surface area contributed by atoms with Crippen molar-refractivity contribution in [2.75, 3.05) is 46.5 Å². The van der Waals surface area contributed by atoms with E-state index in [0.717, 1.165) is 56.9 Å². The average Bonchev–Trinajstić information content (AvgIpc) is 2.74. The molecule has 174 valence electrons. The van der Waals surface area contributed by atoms with E-state index in [-0.39, 0.29) is 37.2 Å². The molecule has 1 N–H and O–H groups in total. The number of methoxy groups -OCH3 is 1. The van der Waals surface area contributed by atoms with Crippen molar-refractivity contribution in [2.24, 2.45) is 0 Å². The summed E-state index contributed by atoms with van der Waals surface area (Å²) in [5, 5.41) is 3.95. The van der Waals surface area contributed by atoms with Crippen LogP contribution in [-0.4, -0.2) is 51.4 Å². The van der Waals surface area contributed by atoms with Crippen LogP contribution in [0.15, 0.2) is 36.4 Å². The minimum absolute atomic E-state index is 0. The van der Waals surface area contributed by atoms with E-state index in [4.69, 9.17) is 25.8 Å². The first-order chi connectivity index (χ1) is 14.2. The largest absolute Gasteiger partial charge is 1.00 e. The van der Waals surface area contributed by atoms with E-state index in [2.05, 4.69) is 10.2 Å². The van der Waals surface area contributed by atoms with Crippen molar-refractivity contribution in [2.45, 2.75) is 19.6 Å². The van der Waals surface area contributed by atoms with E-state index in [9.17, 15) is 4.39 Å². The predicted octanol–water partition coefficient (Wildman–Crippen LogP) is -2.11. The zero-order valence-corrected chi connectivity index (χ0v) is 19.8. The van der Waals surface area contributed by atoms with E-state index in [1.165, 1.54) is 12.1 Å². The van der Waals surface area contributed by atoms with Gasteiger partial charge < -0.3 is 44.3 Å². The Labute approximate surface area is 201 Å². The van der Waals surface area contributed by atoms with Gasteiger partial charge in [0.1, 0.15) is 12.4 Å². The number of nitrogens with one attached hydrogen (secondary N) is 1. The molecule has 1 aliphatic heterocycles. The second kappa shape index (κ2) is 14.7. The average molecular weight is 494 g/mol. The first-order valence-electron chi connectivity index (χ1n) is 9.90. The Morgan fingerprint density at radius 1 is 1.10 bits per heavy atom. The van der Waals surface area contributed by atoms with Gasteiger partial charge in [-0.25, -0.2) is 4.39 Å². The molecule has 0 radical (unpaired) electrons. The molecule has 5 nitrogen and oxygen atoms in total. The van der Waals surface area contributed by atoms with E-state index < -0.39 is 0 Å². The van der Waals surface area contributed by atoms with Gasteiger partial charge in [-0.15, -0.1) is 0 Å². The minimum Gasteiger partial charge on any atom is -1.00 e. The highest BCUT2D eigenvalue weighted by atomic mass is 35.5. The molecule has 1 heterocycles. The van der Waals surface area contributed by atoms with Crippen molar-refractivity contribution in [3.63, 3.8) is 0 Å². The van der Waals surface area contributed by atoms with Gasteiger partial charge in [0.25, 0.3) is 0 Å². The third kappa shape index (κ3) is 9.00. The summed E-state index contributed by atoms with van der Waals surface area (Å²) in [6.07, 6.45) is 1.09. The lowest BCUT2D eigenvalue weighted by molar-refractivity contribution is -0.00100. The Morgan fingerprint density at radius 2 is 1.81 bits per heavy atom. The maximum absolute atomic E-state index is 13.0. The molecule has 1 fully saturated rings. The number of ether oxygens (including phenoxy) is 3. The maximum atomic E-state index is 13.0. The van der Waals surface area contributed by atoms with E-state index >= 15 is 0 Å².